The fourth-order valence-electron chi connectivity index (χ4n) is 2.37. The third-order valence-corrected chi connectivity index (χ3v) is 6.06. The van der Waals surface area contributed by atoms with E-state index in [2.05, 4.69) is 0 Å². The molecule has 0 fully saturated rings. The Morgan fingerprint density at radius 3 is 1.96 bits per heavy atom. The Labute approximate surface area is 161 Å². The average Bonchev–Trinajstić information content (AvgIpc) is 2.65. The molecule has 0 saturated carbocycles. The first-order valence-electron chi connectivity index (χ1n) is 7.94. The summed E-state index contributed by atoms with van der Waals surface area (Å²) in [6.07, 6.45) is 1.18. The van der Waals surface area contributed by atoms with Crippen LogP contribution in [0.2, 0.25) is 0 Å². The minimum Gasteiger partial charge on any atom is -0.481 e. The summed E-state index contributed by atoms with van der Waals surface area (Å²) < 4.78 is 26.8. The van der Waals surface area contributed by atoms with Gasteiger partial charge in [0.25, 0.3) is 0 Å². The Bertz CT molecular complexity index is 908. The fourth-order valence-corrected chi connectivity index (χ4v) is 4.00. The lowest BCUT2D eigenvalue weighted by Gasteiger charge is -2.14. The van der Waals surface area contributed by atoms with Crippen LogP contribution in [0.3, 0.4) is 0 Å². The molecule has 2 aromatic carbocycles. The molecular weight excluding hydrogens is 390 g/mol. The maximum atomic E-state index is 12.4. The number of aliphatic carboxylic acids is 2. The second-order valence-electron chi connectivity index (χ2n) is 5.70. The van der Waals surface area contributed by atoms with Crippen molar-refractivity contribution in [2.24, 2.45) is 0 Å². The Kier molecular flexibility index (Phi) is 7.00. The molecule has 1 unspecified atom stereocenters. The van der Waals surface area contributed by atoms with Gasteiger partial charge in [-0.3, -0.25) is 9.59 Å². The maximum Gasteiger partial charge on any atom is 0.321 e. The topological polar surface area (TPSA) is 121 Å². The SMILES string of the molecule is CSc1ccc(-c2ccc(S(=O)(=O)NC(CCC(=O)O)C(=O)O)cc2)cc1. The highest BCUT2D eigenvalue weighted by molar-refractivity contribution is 7.98. The van der Waals surface area contributed by atoms with Gasteiger partial charge in [-0.25, -0.2) is 8.42 Å². The number of carboxylic acid groups (broad SMARTS) is 2. The van der Waals surface area contributed by atoms with Gasteiger partial charge in [0, 0.05) is 11.3 Å². The van der Waals surface area contributed by atoms with E-state index < -0.39 is 34.4 Å². The number of rotatable bonds is 9. The van der Waals surface area contributed by atoms with Crippen molar-refractivity contribution < 1.29 is 28.2 Å². The van der Waals surface area contributed by atoms with Gasteiger partial charge >= 0.3 is 11.9 Å². The lowest BCUT2D eigenvalue weighted by Crippen LogP contribution is -2.41. The Balaban J connectivity index is 2.17. The normalized spacial score (nSPS) is 12.5. The molecule has 0 aliphatic rings. The largest absolute Gasteiger partial charge is 0.481 e. The number of sulfonamides is 1. The summed E-state index contributed by atoms with van der Waals surface area (Å²) in [7, 11) is -4.09. The van der Waals surface area contributed by atoms with Gasteiger partial charge in [0.2, 0.25) is 10.0 Å². The molecular formula is C18H19NO6S2. The van der Waals surface area contributed by atoms with Crippen molar-refractivity contribution in [3.8, 4) is 11.1 Å². The molecule has 0 aromatic heterocycles. The summed E-state index contributed by atoms with van der Waals surface area (Å²) in [6.45, 7) is 0. The molecule has 144 valence electrons. The van der Waals surface area contributed by atoms with E-state index in [4.69, 9.17) is 10.2 Å². The molecule has 2 rings (SSSR count). The Morgan fingerprint density at radius 2 is 1.52 bits per heavy atom. The van der Waals surface area contributed by atoms with Gasteiger partial charge in [-0.05, 0) is 48.1 Å². The van der Waals surface area contributed by atoms with Gasteiger partial charge < -0.3 is 10.2 Å². The van der Waals surface area contributed by atoms with Crippen LogP contribution in [0, 0.1) is 0 Å². The molecule has 0 amide bonds. The highest BCUT2D eigenvalue weighted by atomic mass is 32.2. The molecule has 7 nitrogen and oxygen atoms in total. The second-order valence-corrected chi connectivity index (χ2v) is 8.29. The molecule has 1 atom stereocenters. The quantitative estimate of drug-likeness (QED) is 0.545. The van der Waals surface area contributed by atoms with Crippen molar-refractivity contribution in [2.75, 3.05) is 6.26 Å². The number of carboxylic acids is 2. The van der Waals surface area contributed by atoms with Crippen molar-refractivity contribution in [3.63, 3.8) is 0 Å². The van der Waals surface area contributed by atoms with Crippen LogP contribution in [0.15, 0.2) is 58.3 Å². The smallest absolute Gasteiger partial charge is 0.321 e. The predicted molar refractivity (Wildman–Crippen MR) is 102 cm³/mol. The van der Waals surface area contributed by atoms with Crippen LogP contribution < -0.4 is 4.72 Å². The van der Waals surface area contributed by atoms with E-state index in [0.717, 1.165) is 16.0 Å². The summed E-state index contributed by atoms with van der Waals surface area (Å²) >= 11 is 1.62. The number of benzene rings is 2. The third-order valence-electron chi connectivity index (χ3n) is 3.83. The molecule has 0 spiro atoms. The van der Waals surface area contributed by atoms with Gasteiger partial charge in [0.1, 0.15) is 6.04 Å². The minimum atomic E-state index is -4.09. The highest BCUT2D eigenvalue weighted by Crippen LogP contribution is 2.24. The van der Waals surface area contributed by atoms with Crippen LogP contribution in [0.25, 0.3) is 11.1 Å². The van der Waals surface area contributed by atoms with Gasteiger partial charge in [-0.15, -0.1) is 11.8 Å². The second kappa shape index (κ2) is 9.03. The van der Waals surface area contributed by atoms with Gasteiger partial charge in [0.15, 0.2) is 0 Å². The van der Waals surface area contributed by atoms with Gasteiger partial charge in [-0.2, -0.15) is 4.72 Å². The predicted octanol–water partition coefficient (Wildman–Crippen LogP) is 2.67. The number of hydrogen-bond donors (Lipinski definition) is 3. The summed E-state index contributed by atoms with van der Waals surface area (Å²) in [5, 5.41) is 17.8. The van der Waals surface area contributed by atoms with Crippen molar-refractivity contribution in [1.29, 1.82) is 0 Å². The summed E-state index contributed by atoms with van der Waals surface area (Å²) in [6, 6.07) is 12.3. The number of nitrogens with one attached hydrogen (secondary N) is 1. The molecule has 0 aliphatic carbocycles. The molecule has 0 radical (unpaired) electrons. The van der Waals surface area contributed by atoms with Crippen molar-refractivity contribution in [1.82, 2.24) is 4.72 Å². The maximum absolute atomic E-state index is 12.4. The van der Waals surface area contributed by atoms with Crippen molar-refractivity contribution >= 4 is 33.7 Å². The standard InChI is InChI=1S/C18H19NO6S2/c1-26-14-6-2-12(3-7-14)13-4-8-15(9-5-13)27(24,25)19-16(18(22)23)10-11-17(20)21/h2-9,16,19H,10-11H2,1H3,(H,20,21)(H,22,23). The molecule has 0 saturated heterocycles. The van der Waals surface area contributed by atoms with E-state index in [-0.39, 0.29) is 11.3 Å². The van der Waals surface area contributed by atoms with Crippen molar-refractivity contribution in [2.45, 2.75) is 28.7 Å². The molecule has 3 N–H and O–H groups in total. The van der Waals surface area contributed by atoms with E-state index in [1.807, 2.05) is 35.2 Å². The van der Waals surface area contributed by atoms with E-state index in [9.17, 15) is 18.0 Å². The number of thioether (sulfide) groups is 1. The molecule has 0 bridgehead atoms. The molecule has 2 aromatic rings. The minimum absolute atomic E-state index is 0.0893. The molecule has 0 aliphatic heterocycles. The molecule has 0 heterocycles. The summed E-state index contributed by atoms with van der Waals surface area (Å²) in [4.78, 5) is 22.8. The zero-order valence-electron chi connectivity index (χ0n) is 14.5. The zero-order chi connectivity index (χ0) is 20.0. The van der Waals surface area contributed by atoms with Crippen LogP contribution in [0.4, 0.5) is 0 Å². The van der Waals surface area contributed by atoms with Gasteiger partial charge in [-0.1, -0.05) is 24.3 Å². The molecule has 27 heavy (non-hydrogen) atoms. The first-order chi connectivity index (χ1) is 12.7. The lowest BCUT2D eigenvalue weighted by molar-refractivity contribution is -0.140. The van der Waals surface area contributed by atoms with E-state index in [0.29, 0.717) is 0 Å². The third kappa shape index (κ3) is 5.81. The van der Waals surface area contributed by atoms with E-state index in [1.54, 1.807) is 23.9 Å². The van der Waals surface area contributed by atoms with E-state index in [1.165, 1.54) is 12.1 Å². The van der Waals surface area contributed by atoms with E-state index >= 15 is 0 Å². The zero-order valence-corrected chi connectivity index (χ0v) is 16.1. The van der Waals surface area contributed by atoms with Crippen LogP contribution in [0.1, 0.15) is 12.8 Å². The Hall–Kier alpha value is -2.36. The molecule has 9 heteroatoms. The van der Waals surface area contributed by atoms with Crippen LogP contribution in [0.5, 0.6) is 0 Å². The van der Waals surface area contributed by atoms with Crippen molar-refractivity contribution in [3.05, 3.63) is 48.5 Å². The average molecular weight is 409 g/mol. The van der Waals surface area contributed by atoms with Gasteiger partial charge in [0.05, 0.1) is 4.90 Å². The number of hydrogen-bond acceptors (Lipinski definition) is 5. The van der Waals surface area contributed by atoms with Crippen LogP contribution in [-0.4, -0.2) is 42.9 Å². The van der Waals surface area contributed by atoms with Crippen LogP contribution in [-0.2, 0) is 19.6 Å². The lowest BCUT2D eigenvalue weighted by atomic mass is 10.1. The first kappa shape index (κ1) is 20.9. The number of carbonyl (C=O) groups is 2. The summed E-state index contributed by atoms with van der Waals surface area (Å²) in [5.74, 6) is -2.62. The monoisotopic (exact) mass is 409 g/mol. The van der Waals surface area contributed by atoms with Crippen LogP contribution >= 0.6 is 11.8 Å². The summed E-state index contributed by atoms with van der Waals surface area (Å²) in [5.41, 5.74) is 1.75. The first-order valence-corrected chi connectivity index (χ1v) is 10.6. The Morgan fingerprint density at radius 1 is 1.00 bits per heavy atom. The highest BCUT2D eigenvalue weighted by Gasteiger charge is 2.25. The fraction of sp³-hybridized carbons (Fsp3) is 0.222.